The number of carboxylic acid groups (broad SMARTS) is 1. The molecule has 5 nitrogen and oxygen atoms in total. The highest BCUT2D eigenvalue weighted by atomic mass is 16.5. The predicted molar refractivity (Wildman–Crippen MR) is 131 cm³/mol. The summed E-state index contributed by atoms with van der Waals surface area (Å²) in [6.07, 6.45) is 6.25. The third kappa shape index (κ3) is 8.50. The summed E-state index contributed by atoms with van der Waals surface area (Å²) < 4.78 is 11.0. The first-order chi connectivity index (χ1) is 15.7. The summed E-state index contributed by atoms with van der Waals surface area (Å²) in [5.41, 5.74) is 4.01. The maximum absolute atomic E-state index is 11.7. The molecule has 2 aromatic carbocycles. The van der Waals surface area contributed by atoms with Crippen LogP contribution in [0.15, 0.2) is 55.1 Å². The van der Waals surface area contributed by atoms with E-state index in [0.717, 1.165) is 60.8 Å². The second kappa shape index (κ2) is 12.9. The number of methoxy groups -OCH3 is 1. The number of benzene rings is 2. The molecule has 2 rings (SSSR count). The van der Waals surface area contributed by atoms with Gasteiger partial charge in [0, 0.05) is 13.0 Å². The molecule has 0 radical (unpaired) electrons. The molecule has 2 aromatic rings. The monoisotopic (exact) mass is 452 g/mol. The van der Waals surface area contributed by atoms with Crippen molar-refractivity contribution >= 4 is 17.5 Å². The largest absolute Gasteiger partial charge is 0.481 e. The Kier molecular flexibility index (Phi) is 10.3. The number of rotatable bonds is 14. The van der Waals surface area contributed by atoms with Crippen molar-refractivity contribution in [3.63, 3.8) is 0 Å². The molecular formula is C28H36O5. The highest BCUT2D eigenvalue weighted by molar-refractivity contribution is 5.90. The van der Waals surface area contributed by atoms with Gasteiger partial charge in [0.2, 0.25) is 0 Å². The lowest BCUT2D eigenvalue weighted by atomic mass is 9.92. The number of ether oxygens (including phenoxy) is 2. The van der Waals surface area contributed by atoms with Crippen LogP contribution in [0.5, 0.6) is 0 Å². The van der Waals surface area contributed by atoms with E-state index in [2.05, 4.69) is 32.6 Å². The zero-order valence-corrected chi connectivity index (χ0v) is 20.1. The van der Waals surface area contributed by atoms with Crippen LogP contribution in [0, 0.1) is 0 Å². The van der Waals surface area contributed by atoms with E-state index in [1.807, 2.05) is 24.3 Å². The summed E-state index contributed by atoms with van der Waals surface area (Å²) >= 11 is 0. The summed E-state index contributed by atoms with van der Waals surface area (Å²) in [7, 11) is 1.37. The number of hydrogen-bond donors (Lipinski definition) is 1. The average Bonchev–Trinajstić information content (AvgIpc) is 2.82. The van der Waals surface area contributed by atoms with E-state index in [9.17, 15) is 9.59 Å². The number of aliphatic carboxylic acids is 1. The lowest BCUT2D eigenvalue weighted by Crippen LogP contribution is -2.22. The highest BCUT2D eigenvalue weighted by Crippen LogP contribution is 2.29. The molecule has 0 amide bonds. The molecule has 0 unspecified atom stereocenters. The fraction of sp³-hybridized carbons (Fsp3) is 0.429. The molecule has 5 heteroatoms. The molecular weight excluding hydrogens is 416 g/mol. The van der Waals surface area contributed by atoms with Crippen LogP contribution in [-0.4, -0.2) is 30.8 Å². The molecule has 0 saturated heterocycles. The number of carbonyl (C=O) groups excluding carboxylic acids is 1. The van der Waals surface area contributed by atoms with Crippen LogP contribution < -0.4 is 0 Å². The maximum atomic E-state index is 11.7. The maximum Gasteiger partial charge on any atom is 0.337 e. The second-order valence-electron chi connectivity index (χ2n) is 8.75. The minimum atomic E-state index is -0.713. The van der Waals surface area contributed by atoms with Crippen molar-refractivity contribution in [2.45, 2.75) is 64.4 Å². The predicted octanol–water partition coefficient (Wildman–Crippen LogP) is 6.60. The quantitative estimate of drug-likeness (QED) is 0.258. The normalized spacial score (nSPS) is 11.2. The van der Waals surface area contributed by atoms with Crippen LogP contribution >= 0.6 is 0 Å². The van der Waals surface area contributed by atoms with Crippen LogP contribution in [0.2, 0.25) is 0 Å². The summed E-state index contributed by atoms with van der Waals surface area (Å²) in [5.74, 6) is -1.07. The van der Waals surface area contributed by atoms with Gasteiger partial charge < -0.3 is 14.6 Å². The van der Waals surface area contributed by atoms with Crippen molar-refractivity contribution in [2.75, 3.05) is 13.7 Å². The number of carbonyl (C=O) groups is 2. The van der Waals surface area contributed by atoms with Gasteiger partial charge in [0.25, 0.3) is 0 Å². The standard InChI is InChI=1S/C28H36O5/c1-21(22-15-17-23(18-16-22)27(31)32-4)24-12-11-13-25(20-24)28(2,3)33-19-10-8-6-5-7-9-14-26(29)30/h11-13,15-18,20H,1,5-10,14,19H2,2-4H3,(H,29,30). The van der Waals surface area contributed by atoms with Gasteiger partial charge in [-0.05, 0) is 67.2 Å². The van der Waals surface area contributed by atoms with E-state index in [4.69, 9.17) is 14.6 Å². The van der Waals surface area contributed by atoms with Gasteiger partial charge in [0.1, 0.15) is 0 Å². The lowest BCUT2D eigenvalue weighted by molar-refractivity contribution is -0.137. The van der Waals surface area contributed by atoms with Crippen LogP contribution in [-0.2, 0) is 19.9 Å². The number of hydrogen-bond acceptors (Lipinski definition) is 4. The summed E-state index contributed by atoms with van der Waals surface area (Å²) in [6.45, 7) is 9.08. The molecule has 0 atom stereocenters. The zero-order chi connectivity index (χ0) is 24.3. The Morgan fingerprint density at radius 2 is 1.48 bits per heavy atom. The minimum absolute atomic E-state index is 0.265. The van der Waals surface area contributed by atoms with Crippen molar-refractivity contribution in [3.05, 3.63) is 77.4 Å². The topological polar surface area (TPSA) is 72.8 Å². The van der Waals surface area contributed by atoms with Crippen LogP contribution in [0.4, 0.5) is 0 Å². The van der Waals surface area contributed by atoms with Crippen molar-refractivity contribution in [3.8, 4) is 0 Å². The zero-order valence-electron chi connectivity index (χ0n) is 20.1. The average molecular weight is 453 g/mol. The molecule has 178 valence electrons. The fourth-order valence-electron chi connectivity index (χ4n) is 3.67. The molecule has 0 aliphatic heterocycles. The first-order valence-electron chi connectivity index (χ1n) is 11.6. The van der Waals surface area contributed by atoms with Gasteiger partial charge >= 0.3 is 11.9 Å². The second-order valence-corrected chi connectivity index (χ2v) is 8.75. The van der Waals surface area contributed by atoms with E-state index in [-0.39, 0.29) is 12.4 Å². The van der Waals surface area contributed by atoms with Gasteiger partial charge in [-0.3, -0.25) is 4.79 Å². The Bertz CT molecular complexity index is 928. The van der Waals surface area contributed by atoms with Crippen LogP contribution in [0.25, 0.3) is 5.57 Å². The van der Waals surface area contributed by atoms with Crippen molar-refractivity contribution in [1.82, 2.24) is 0 Å². The molecule has 33 heavy (non-hydrogen) atoms. The fourth-order valence-corrected chi connectivity index (χ4v) is 3.67. The highest BCUT2D eigenvalue weighted by Gasteiger charge is 2.21. The lowest BCUT2D eigenvalue weighted by Gasteiger charge is -2.27. The molecule has 0 spiro atoms. The molecule has 0 heterocycles. The summed E-state index contributed by atoms with van der Waals surface area (Å²) in [4.78, 5) is 22.2. The smallest absolute Gasteiger partial charge is 0.337 e. The number of esters is 1. The van der Waals surface area contributed by atoms with Gasteiger partial charge in [-0.2, -0.15) is 0 Å². The first-order valence-corrected chi connectivity index (χ1v) is 11.6. The van der Waals surface area contributed by atoms with Crippen molar-refractivity contribution in [2.24, 2.45) is 0 Å². The van der Waals surface area contributed by atoms with Gasteiger partial charge in [0.05, 0.1) is 18.3 Å². The number of carboxylic acids is 1. The molecule has 1 N–H and O–H groups in total. The number of unbranched alkanes of at least 4 members (excludes halogenated alkanes) is 5. The summed E-state index contributed by atoms with van der Waals surface area (Å²) in [5, 5.41) is 8.66. The molecule has 0 aromatic heterocycles. The van der Waals surface area contributed by atoms with Gasteiger partial charge in [0.15, 0.2) is 0 Å². The molecule has 0 aliphatic rings. The van der Waals surface area contributed by atoms with E-state index >= 15 is 0 Å². The Morgan fingerprint density at radius 3 is 2.12 bits per heavy atom. The van der Waals surface area contributed by atoms with Crippen molar-refractivity contribution < 1.29 is 24.2 Å². The molecule has 0 bridgehead atoms. The Balaban J connectivity index is 1.87. The van der Waals surface area contributed by atoms with Crippen LogP contribution in [0.1, 0.15) is 85.8 Å². The van der Waals surface area contributed by atoms with E-state index in [1.54, 1.807) is 12.1 Å². The minimum Gasteiger partial charge on any atom is -0.481 e. The third-order valence-corrected chi connectivity index (χ3v) is 5.81. The van der Waals surface area contributed by atoms with Gasteiger partial charge in [-0.25, -0.2) is 4.79 Å². The molecule has 0 aliphatic carbocycles. The SMILES string of the molecule is C=C(c1ccc(C(=O)OC)cc1)c1cccc(C(C)(C)OCCCCCCCCC(=O)O)c1. The molecule has 0 saturated carbocycles. The van der Waals surface area contributed by atoms with E-state index < -0.39 is 11.6 Å². The first kappa shape index (κ1) is 26.3. The van der Waals surface area contributed by atoms with E-state index in [0.29, 0.717) is 12.2 Å². The van der Waals surface area contributed by atoms with E-state index in [1.165, 1.54) is 7.11 Å². The summed E-state index contributed by atoms with van der Waals surface area (Å²) in [6, 6.07) is 15.5. The van der Waals surface area contributed by atoms with Gasteiger partial charge in [-0.1, -0.05) is 62.6 Å². The van der Waals surface area contributed by atoms with Crippen molar-refractivity contribution in [1.29, 1.82) is 0 Å². The third-order valence-electron chi connectivity index (χ3n) is 5.81. The Morgan fingerprint density at radius 1 is 0.879 bits per heavy atom. The molecule has 0 fully saturated rings. The Hall–Kier alpha value is -2.92. The Labute approximate surface area is 197 Å². The van der Waals surface area contributed by atoms with Gasteiger partial charge in [-0.15, -0.1) is 0 Å². The van der Waals surface area contributed by atoms with Crippen LogP contribution in [0.3, 0.4) is 0 Å².